The maximum atomic E-state index is 11.2. The summed E-state index contributed by atoms with van der Waals surface area (Å²) in [6.07, 6.45) is 2.96. The first-order valence-corrected chi connectivity index (χ1v) is 7.16. The summed E-state index contributed by atoms with van der Waals surface area (Å²) >= 11 is 5.29. The molecule has 2 aromatic rings. The minimum absolute atomic E-state index is 0.363. The third-order valence-corrected chi connectivity index (χ3v) is 3.31. The second-order valence-electron chi connectivity index (χ2n) is 4.39. The van der Waals surface area contributed by atoms with E-state index >= 15 is 0 Å². The lowest BCUT2D eigenvalue weighted by molar-refractivity contribution is -0.137. The van der Waals surface area contributed by atoms with Gasteiger partial charge in [-0.15, -0.1) is 0 Å². The molecule has 0 N–H and O–H groups in total. The Morgan fingerprint density at radius 1 is 1.00 bits per heavy atom. The van der Waals surface area contributed by atoms with E-state index in [0.29, 0.717) is 11.5 Å². The van der Waals surface area contributed by atoms with Crippen molar-refractivity contribution < 1.29 is 9.53 Å². The molecule has 2 nitrogen and oxygen atoms in total. The van der Waals surface area contributed by atoms with Crippen LogP contribution in [0.5, 0.6) is 0 Å². The van der Waals surface area contributed by atoms with Crippen LogP contribution in [-0.4, -0.2) is 17.4 Å². The molecule has 0 unspecified atom stereocenters. The topological polar surface area (TPSA) is 26.3 Å². The van der Waals surface area contributed by atoms with Gasteiger partial charge in [0.15, 0.2) is 0 Å². The van der Waals surface area contributed by atoms with Crippen LogP contribution < -0.4 is 0 Å². The van der Waals surface area contributed by atoms with Crippen LogP contribution >= 0.6 is 12.2 Å². The molecule has 0 aromatic heterocycles. The average molecular weight is 296 g/mol. The standard InChI is InChI=1S/C18H16O2S/c1-2-20-18(19)13-12-17(21)16-10-8-15(9-11-16)14-6-4-3-5-7-14/h3-13H,2H2,1H3/b13-12+. The molecule has 0 aliphatic carbocycles. The van der Waals surface area contributed by atoms with Crippen LogP contribution in [0.3, 0.4) is 0 Å². The number of hydrogen-bond donors (Lipinski definition) is 0. The summed E-state index contributed by atoms with van der Waals surface area (Å²) in [5.74, 6) is -0.374. The SMILES string of the molecule is CCOC(=O)/C=C/C(=S)c1ccc(-c2ccccc2)cc1. The van der Waals surface area contributed by atoms with Gasteiger partial charge in [0.05, 0.1) is 6.61 Å². The van der Waals surface area contributed by atoms with Gasteiger partial charge in [0.1, 0.15) is 0 Å². The van der Waals surface area contributed by atoms with Crippen molar-refractivity contribution >= 4 is 23.1 Å². The van der Waals surface area contributed by atoms with E-state index < -0.39 is 0 Å². The van der Waals surface area contributed by atoms with Crippen LogP contribution in [0.15, 0.2) is 66.7 Å². The van der Waals surface area contributed by atoms with Gasteiger partial charge in [-0.05, 0) is 29.7 Å². The van der Waals surface area contributed by atoms with Gasteiger partial charge in [0.25, 0.3) is 0 Å². The zero-order valence-electron chi connectivity index (χ0n) is 11.8. The Morgan fingerprint density at radius 2 is 1.62 bits per heavy atom. The number of carbonyl (C=O) groups excluding carboxylic acids is 1. The van der Waals surface area contributed by atoms with Crippen LogP contribution in [0.4, 0.5) is 0 Å². The van der Waals surface area contributed by atoms with Crippen LogP contribution in [0.1, 0.15) is 12.5 Å². The summed E-state index contributed by atoms with van der Waals surface area (Å²) in [6.45, 7) is 2.13. The highest BCUT2D eigenvalue weighted by molar-refractivity contribution is 7.81. The number of hydrogen-bond acceptors (Lipinski definition) is 3. The highest BCUT2D eigenvalue weighted by Crippen LogP contribution is 2.19. The molecular formula is C18H16O2S. The zero-order chi connectivity index (χ0) is 15.1. The average Bonchev–Trinajstić information content (AvgIpc) is 2.54. The molecule has 0 aliphatic heterocycles. The van der Waals surface area contributed by atoms with Crippen LogP contribution in [0.2, 0.25) is 0 Å². The number of esters is 1. The molecule has 21 heavy (non-hydrogen) atoms. The fraction of sp³-hybridized carbons (Fsp3) is 0.111. The van der Waals surface area contributed by atoms with Crippen LogP contribution in [0, 0.1) is 0 Å². The van der Waals surface area contributed by atoms with Crippen molar-refractivity contribution in [3.8, 4) is 11.1 Å². The van der Waals surface area contributed by atoms with E-state index in [4.69, 9.17) is 17.0 Å². The van der Waals surface area contributed by atoms with Gasteiger partial charge in [-0.1, -0.05) is 66.8 Å². The summed E-state index contributed by atoms with van der Waals surface area (Å²) in [6, 6.07) is 18.1. The highest BCUT2D eigenvalue weighted by Gasteiger charge is 2.01. The van der Waals surface area contributed by atoms with Crippen molar-refractivity contribution in [2.45, 2.75) is 6.92 Å². The number of thiocarbonyl (C=S) groups is 1. The first kappa shape index (κ1) is 15.1. The Hall–Kier alpha value is -2.26. The largest absolute Gasteiger partial charge is 0.463 e. The molecule has 0 aliphatic rings. The van der Waals surface area contributed by atoms with Crippen molar-refractivity contribution in [2.75, 3.05) is 6.61 Å². The second-order valence-corrected chi connectivity index (χ2v) is 4.83. The quantitative estimate of drug-likeness (QED) is 0.358. The van der Waals surface area contributed by atoms with Crippen LogP contribution in [0.25, 0.3) is 11.1 Å². The first-order valence-electron chi connectivity index (χ1n) is 6.75. The minimum atomic E-state index is -0.374. The second kappa shape index (κ2) is 7.50. The maximum absolute atomic E-state index is 11.2. The molecule has 0 atom stereocenters. The van der Waals surface area contributed by atoms with Gasteiger partial charge in [-0.3, -0.25) is 0 Å². The molecule has 106 valence electrons. The van der Waals surface area contributed by atoms with E-state index in [0.717, 1.165) is 16.7 Å². The molecule has 0 amide bonds. The fourth-order valence-corrected chi connectivity index (χ4v) is 2.09. The van der Waals surface area contributed by atoms with Crippen molar-refractivity contribution in [1.82, 2.24) is 0 Å². The number of carbonyl (C=O) groups is 1. The zero-order valence-corrected chi connectivity index (χ0v) is 12.6. The Balaban J connectivity index is 2.09. The van der Waals surface area contributed by atoms with E-state index in [1.165, 1.54) is 6.08 Å². The maximum Gasteiger partial charge on any atom is 0.330 e. The molecule has 0 spiro atoms. The number of allylic oxidation sites excluding steroid dienone is 1. The smallest absolute Gasteiger partial charge is 0.330 e. The molecule has 0 radical (unpaired) electrons. The lowest BCUT2D eigenvalue weighted by atomic mass is 10.0. The van der Waals surface area contributed by atoms with E-state index in [2.05, 4.69) is 12.1 Å². The predicted molar refractivity (Wildman–Crippen MR) is 89.4 cm³/mol. The van der Waals surface area contributed by atoms with Gasteiger partial charge >= 0.3 is 5.97 Å². The molecule has 0 heterocycles. The normalized spacial score (nSPS) is 10.5. The van der Waals surface area contributed by atoms with E-state index in [1.807, 2.05) is 42.5 Å². The monoisotopic (exact) mass is 296 g/mol. The summed E-state index contributed by atoms with van der Waals surface area (Å²) in [4.78, 5) is 11.9. The predicted octanol–water partition coefficient (Wildman–Crippen LogP) is 4.19. The summed E-state index contributed by atoms with van der Waals surface area (Å²) in [7, 11) is 0. The fourth-order valence-electron chi connectivity index (χ4n) is 1.89. The molecule has 2 rings (SSSR count). The van der Waals surface area contributed by atoms with Gasteiger partial charge in [0, 0.05) is 10.9 Å². The van der Waals surface area contributed by atoms with E-state index in [9.17, 15) is 4.79 Å². The highest BCUT2D eigenvalue weighted by atomic mass is 32.1. The van der Waals surface area contributed by atoms with Gasteiger partial charge < -0.3 is 4.74 Å². The lowest BCUT2D eigenvalue weighted by Gasteiger charge is -2.03. The molecule has 0 fully saturated rings. The Morgan fingerprint density at radius 3 is 2.24 bits per heavy atom. The van der Waals surface area contributed by atoms with Gasteiger partial charge in [0.2, 0.25) is 0 Å². The summed E-state index contributed by atoms with van der Waals surface area (Å²) in [5, 5.41) is 0. The third-order valence-electron chi connectivity index (χ3n) is 2.93. The Kier molecular flexibility index (Phi) is 5.41. The van der Waals surface area contributed by atoms with Crippen molar-refractivity contribution in [3.63, 3.8) is 0 Å². The Bertz CT molecular complexity index is 643. The van der Waals surface area contributed by atoms with Gasteiger partial charge in [-0.2, -0.15) is 0 Å². The summed E-state index contributed by atoms with van der Waals surface area (Å²) < 4.78 is 4.82. The number of benzene rings is 2. The molecule has 0 saturated heterocycles. The summed E-state index contributed by atoms with van der Waals surface area (Å²) in [5.41, 5.74) is 3.21. The first-order chi connectivity index (χ1) is 10.2. The van der Waals surface area contributed by atoms with Crippen molar-refractivity contribution in [2.24, 2.45) is 0 Å². The Labute approximate surface area is 130 Å². The van der Waals surface area contributed by atoms with Crippen LogP contribution in [-0.2, 0) is 9.53 Å². The number of rotatable bonds is 5. The lowest BCUT2D eigenvalue weighted by Crippen LogP contribution is -2.01. The van der Waals surface area contributed by atoms with E-state index in [1.54, 1.807) is 13.0 Å². The third kappa shape index (κ3) is 4.36. The molecule has 0 bridgehead atoms. The molecule has 0 saturated carbocycles. The van der Waals surface area contributed by atoms with Crippen molar-refractivity contribution in [3.05, 3.63) is 72.3 Å². The van der Waals surface area contributed by atoms with E-state index in [-0.39, 0.29) is 5.97 Å². The molecular weight excluding hydrogens is 280 g/mol. The molecule has 2 aromatic carbocycles. The molecule has 3 heteroatoms. The minimum Gasteiger partial charge on any atom is -0.463 e. The van der Waals surface area contributed by atoms with Gasteiger partial charge in [-0.25, -0.2) is 4.79 Å². The van der Waals surface area contributed by atoms with Crippen molar-refractivity contribution in [1.29, 1.82) is 0 Å². The number of ether oxygens (including phenoxy) is 1.